The van der Waals surface area contributed by atoms with Crippen LogP contribution in [0.15, 0.2) is 67.0 Å². The summed E-state index contributed by atoms with van der Waals surface area (Å²) in [5.74, 6) is -0.745. The summed E-state index contributed by atoms with van der Waals surface area (Å²) >= 11 is 0. The lowest BCUT2D eigenvalue weighted by molar-refractivity contribution is 0.0930. The smallest absolute Gasteiger partial charge is 0.254 e. The van der Waals surface area contributed by atoms with Crippen LogP contribution in [0.1, 0.15) is 28.4 Å². The lowest BCUT2D eigenvalue weighted by Crippen LogP contribution is -2.29. The van der Waals surface area contributed by atoms with Gasteiger partial charge in [0.15, 0.2) is 0 Å². The fraction of sp³-hybridized carbons (Fsp3) is 0.158. The number of para-hydroxylation sites is 1. The third-order valence-corrected chi connectivity index (χ3v) is 3.87. The lowest BCUT2D eigenvalue weighted by atomic mass is 10.0. The molecule has 0 fully saturated rings. The number of aliphatic hydroxyl groups is 1. The number of carbonyl (C=O) groups is 1. The molecule has 0 spiro atoms. The minimum atomic E-state index is -0.417. The summed E-state index contributed by atoms with van der Waals surface area (Å²) in [4.78, 5) is 12.5. The zero-order valence-electron chi connectivity index (χ0n) is 13.5. The van der Waals surface area contributed by atoms with E-state index in [9.17, 15) is 14.3 Å². The highest BCUT2D eigenvalue weighted by Gasteiger charge is 2.17. The largest absolute Gasteiger partial charge is 0.396 e. The Bertz CT molecular complexity index is 849. The minimum Gasteiger partial charge on any atom is -0.396 e. The number of nitrogens with zero attached hydrogens (tertiary/aromatic N) is 2. The van der Waals surface area contributed by atoms with E-state index in [1.165, 1.54) is 23.1 Å². The second-order valence-corrected chi connectivity index (χ2v) is 5.57. The average Bonchev–Trinajstić information content (AvgIpc) is 3.12. The van der Waals surface area contributed by atoms with Gasteiger partial charge in [0.1, 0.15) is 11.5 Å². The Labute approximate surface area is 144 Å². The zero-order valence-corrected chi connectivity index (χ0v) is 13.5. The summed E-state index contributed by atoms with van der Waals surface area (Å²) in [6.45, 7) is -0.0473. The summed E-state index contributed by atoms with van der Waals surface area (Å²) in [6, 6.07) is 15.3. The molecule has 0 aliphatic rings. The van der Waals surface area contributed by atoms with Crippen molar-refractivity contribution in [3.63, 3.8) is 0 Å². The van der Waals surface area contributed by atoms with E-state index in [0.717, 1.165) is 5.56 Å². The van der Waals surface area contributed by atoms with Crippen molar-refractivity contribution in [3.8, 4) is 5.69 Å². The Morgan fingerprint density at radius 2 is 1.88 bits per heavy atom. The van der Waals surface area contributed by atoms with Crippen molar-refractivity contribution < 1.29 is 14.3 Å². The number of carbonyl (C=O) groups excluding carboxylic acids is 1. The van der Waals surface area contributed by atoms with Gasteiger partial charge in [0.2, 0.25) is 0 Å². The predicted octanol–water partition coefficient (Wildman–Crippen LogP) is 2.86. The number of aromatic nitrogens is 2. The average molecular weight is 339 g/mol. The Balaban J connectivity index is 1.78. The number of aliphatic hydroxyl groups excluding tert-OH is 1. The standard InChI is InChI=1S/C19H18FN3O2/c20-16-8-4-5-9-18(16)23-13-15(12-21-23)19(25)22-17(10-11-24)14-6-2-1-3-7-14/h1-9,12-13,17,24H,10-11H2,(H,22,25). The topological polar surface area (TPSA) is 67.2 Å². The van der Waals surface area contributed by atoms with Gasteiger partial charge in [0.25, 0.3) is 5.91 Å². The highest BCUT2D eigenvalue weighted by molar-refractivity contribution is 5.94. The van der Waals surface area contributed by atoms with E-state index in [0.29, 0.717) is 12.0 Å². The number of hydrogen-bond donors (Lipinski definition) is 2. The van der Waals surface area contributed by atoms with Crippen LogP contribution in [-0.2, 0) is 0 Å². The summed E-state index contributed by atoms with van der Waals surface area (Å²) in [7, 11) is 0. The van der Waals surface area contributed by atoms with Gasteiger partial charge in [-0.1, -0.05) is 42.5 Å². The van der Waals surface area contributed by atoms with E-state index < -0.39 is 5.82 Å². The van der Waals surface area contributed by atoms with E-state index in [2.05, 4.69) is 10.4 Å². The van der Waals surface area contributed by atoms with Gasteiger partial charge >= 0.3 is 0 Å². The van der Waals surface area contributed by atoms with Gasteiger partial charge in [-0.25, -0.2) is 9.07 Å². The van der Waals surface area contributed by atoms with E-state index in [-0.39, 0.29) is 24.2 Å². The van der Waals surface area contributed by atoms with Crippen LogP contribution in [0, 0.1) is 5.82 Å². The second kappa shape index (κ2) is 7.72. The van der Waals surface area contributed by atoms with Crippen LogP contribution < -0.4 is 5.32 Å². The second-order valence-electron chi connectivity index (χ2n) is 5.57. The van der Waals surface area contributed by atoms with Crippen LogP contribution >= 0.6 is 0 Å². The first-order valence-corrected chi connectivity index (χ1v) is 7.95. The fourth-order valence-corrected chi connectivity index (χ4v) is 2.59. The van der Waals surface area contributed by atoms with Crippen LogP contribution in [0.25, 0.3) is 5.69 Å². The normalized spacial score (nSPS) is 11.9. The Kier molecular flexibility index (Phi) is 5.20. The molecule has 1 heterocycles. The van der Waals surface area contributed by atoms with Crippen LogP contribution in [0.4, 0.5) is 4.39 Å². The fourth-order valence-electron chi connectivity index (χ4n) is 2.59. The van der Waals surface area contributed by atoms with E-state index in [4.69, 9.17) is 0 Å². The third-order valence-electron chi connectivity index (χ3n) is 3.87. The van der Waals surface area contributed by atoms with Crippen molar-refractivity contribution >= 4 is 5.91 Å². The van der Waals surface area contributed by atoms with E-state index in [1.54, 1.807) is 18.2 Å². The molecule has 128 valence electrons. The molecule has 0 aliphatic carbocycles. The highest BCUT2D eigenvalue weighted by atomic mass is 19.1. The maximum atomic E-state index is 13.8. The van der Waals surface area contributed by atoms with Gasteiger partial charge in [-0.15, -0.1) is 0 Å². The van der Waals surface area contributed by atoms with Crippen molar-refractivity contribution in [2.45, 2.75) is 12.5 Å². The molecule has 3 aromatic rings. The van der Waals surface area contributed by atoms with Gasteiger partial charge in [-0.2, -0.15) is 5.10 Å². The van der Waals surface area contributed by atoms with Gasteiger partial charge in [-0.3, -0.25) is 4.79 Å². The molecule has 6 heteroatoms. The Morgan fingerprint density at radius 1 is 1.16 bits per heavy atom. The van der Waals surface area contributed by atoms with Crippen molar-refractivity contribution in [1.82, 2.24) is 15.1 Å². The van der Waals surface area contributed by atoms with Crippen LogP contribution in [0.3, 0.4) is 0 Å². The lowest BCUT2D eigenvalue weighted by Gasteiger charge is -2.17. The van der Waals surface area contributed by atoms with Gasteiger partial charge in [0, 0.05) is 12.8 Å². The molecule has 0 saturated heterocycles. The van der Waals surface area contributed by atoms with Crippen LogP contribution in [0.2, 0.25) is 0 Å². The molecule has 0 aliphatic heterocycles. The van der Waals surface area contributed by atoms with Crippen LogP contribution in [0.5, 0.6) is 0 Å². The third kappa shape index (κ3) is 3.92. The summed E-state index contributed by atoms with van der Waals surface area (Å²) in [6.07, 6.45) is 3.27. The van der Waals surface area contributed by atoms with Crippen molar-refractivity contribution in [1.29, 1.82) is 0 Å². The molecular weight excluding hydrogens is 321 g/mol. The Hall–Kier alpha value is -2.99. The minimum absolute atomic E-state index is 0.0473. The summed E-state index contributed by atoms with van der Waals surface area (Å²) < 4.78 is 15.2. The van der Waals surface area contributed by atoms with Gasteiger partial charge in [0.05, 0.1) is 17.8 Å². The van der Waals surface area contributed by atoms with Gasteiger partial charge in [-0.05, 0) is 24.1 Å². The maximum absolute atomic E-state index is 13.8. The number of halogens is 1. The molecule has 2 N–H and O–H groups in total. The summed E-state index contributed by atoms with van der Waals surface area (Å²) in [5.41, 5.74) is 1.50. The molecule has 0 radical (unpaired) electrons. The van der Waals surface area contributed by atoms with Crippen molar-refractivity contribution in [2.24, 2.45) is 0 Å². The molecule has 1 amide bonds. The Morgan fingerprint density at radius 3 is 2.60 bits per heavy atom. The van der Waals surface area contributed by atoms with Gasteiger partial charge < -0.3 is 10.4 Å². The van der Waals surface area contributed by atoms with Crippen molar-refractivity contribution in [3.05, 3.63) is 83.9 Å². The van der Waals surface area contributed by atoms with E-state index in [1.807, 2.05) is 30.3 Å². The quantitative estimate of drug-likeness (QED) is 0.726. The molecule has 5 nitrogen and oxygen atoms in total. The number of hydrogen-bond acceptors (Lipinski definition) is 3. The maximum Gasteiger partial charge on any atom is 0.254 e. The molecule has 3 rings (SSSR count). The molecule has 25 heavy (non-hydrogen) atoms. The number of nitrogens with one attached hydrogen (secondary N) is 1. The molecule has 0 bridgehead atoms. The monoisotopic (exact) mass is 339 g/mol. The molecular formula is C19H18FN3O2. The van der Waals surface area contributed by atoms with E-state index >= 15 is 0 Å². The molecule has 1 unspecified atom stereocenters. The number of benzene rings is 2. The predicted molar refractivity (Wildman–Crippen MR) is 91.9 cm³/mol. The first-order valence-electron chi connectivity index (χ1n) is 7.95. The highest BCUT2D eigenvalue weighted by Crippen LogP contribution is 2.18. The first-order chi connectivity index (χ1) is 12.2. The first kappa shape index (κ1) is 16.9. The van der Waals surface area contributed by atoms with Crippen LogP contribution in [-0.4, -0.2) is 27.4 Å². The molecule has 1 atom stereocenters. The zero-order chi connectivity index (χ0) is 17.6. The molecule has 1 aromatic heterocycles. The molecule has 0 saturated carbocycles. The van der Waals surface area contributed by atoms with Crippen molar-refractivity contribution in [2.75, 3.05) is 6.61 Å². The summed E-state index contributed by atoms with van der Waals surface area (Å²) in [5, 5.41) is 16.2. The number of rotatable bonds is 6. The number of amides is 1. The molecule has 2 aromatic carbocycles. The SMILES string of the molecule is O=C(NC(CCO)c1ccccc1)c1cnn(-c2ccccc2F)c1.